The fraction of sp³-hybridized carbons (Fsp3) is 0.312. The van der Waals surface area contributed by atoms with Gasteiger partial charge in [-0.05, 0) is 48.9 Å². The maximum atomic E-state index is 5.88. The first-order chi connectivity index (χ1) is 9.35. The lowest BCUT2D eigenvalue weighted by molar-refractivity contribution is 0.478. The van der Waals surface area contributed by atoms with Crippen LogP contribution in [0.1, 0.15) is 24.0 Å². The molecule has 0 saturated heterocycles. The Morgan fingerprint density at radius 3 is 2.68 bits per heavy atom. The number of nitrogens with one attached hydrogen (secondary N) is 1. The van der Waals surface area contributed by atoms with Crippen molar-refractivity contribution in [2.24, 2.45) is 0 Å². The number of fused-ring (bicyclic) bond motifs is 1. The maximum Gasteiger partial charge on any atom is 0.147 e. The Balaban J connectivity index is 1.82. The molecule has 0 aliphatic heterocycles. The van der Waals surface area contributed by atoms with E-state index in [1.54, 1.807) is 12.4 Å². The third-order valence-corrected chi connectivity index (χ3v) is 3.56. The second kappa shape index (κ2) is 5.31. The predicted molar refractivity (Wildman–Crippen MR) is 76.9 cm³/mol. The van der Waals surface area contributed by atoms with E-state index in [1.165, 1.54) is 36.8 Å². The van der Waals surface area contributed by atoms with Crippen LogP contribution in [0.4, 0.5) is 5.69 Å². The van der Waals surface area contributed by atoms with Crippen molar-refractivity contribution in [1.29, 1.82) is 0 Å². The van der Waals surface area contributed by atoms with Crippen LogP contribution < -0.4 is 10.1 Å². The summed E-state index contributed by atoms with van der Waals surface area (Å²) >= 11 is 0. The molecule has 1 aliphatic carbocycles. The molecule has 1 aromatic carbocycles. The molecule has 19 heavy (non-hydrogen) atoms. The van der Waals surface area contributed by atoms with Gasteiger partial charge in [0.15, 0.2) is 0 Å². The minimum Gasteiger partial charge on any atom is -0.456 e. The van der Waals surface area contributed by atoms with Crippen LogP contribution in [0.25, 0.3) is 0 Å². The van der Waals surface area contributed by atoms with E-state index in [4.69, 9.17) is 4.74 Å². The minimum absolute atomic E-state index is 0.766. The molecule has 1 aromatic heterocycles. The van der Waals surface area contributed by atoms with E-state index >= 15 is 0 Å². The van der Waals surface area contributed by atoms with E-state index in [0.717, 1.165) is 17.2 Å². The third kappa shape index (κ3) is 2.70. The average Bonchev–Trinajstić information content (AvgIpc) is 2.47. The normalized spacial score (nSPS) is 13.7. The van der Waals surface area contributed by atoms with Gasteiger partial charge in [-0.15, -0.1) is 0 Å². The predicted octanol–water partition coefficient (Wildman–Crippen LogP) is 3.79. The van der Waals surface area contributed by atoms with Crippen molar-refractivity contribution in [3.63, 3.8) is 0 Å². The molecule has 1 heterocycles. The molecule has 0 bridgehead atoms. The monoisotopic (exact) mass is 254 g/mol. The standard InChI is InChI=1S/C16H18N2O/c1-17-14-9-16(11-18-10-14)19-15-7-6-12-4-2-3-5-13(12)8-15/h6-11,17H,2-5H2,1H3. The van der Waals surface area contributed by atoms with Crippen molar-refractivity contribution in [2.75, 3.05) is 12.4 Å². The van der Waals surface area contributed by atoms with E-state index in [-0.39, 0.29) is 0 Å². The molecule has 1 aliphatic rings. The number of hydrogen-bond donors (Lipinski definition) is 1. The van der Waals surface area contributed by atoms with Gasteiger partial charge in [-0.3, -0.25) is 4.98 Å². The van der Waals surface area contributed by atoms with E-state index < -0.39 is 0 Å². The minimum atomic E-state index is 0.766. The quantitative estimate of drug-likeness (QED) is 0.904. The maximum absolute atomic E-state index is 5.88. The van der Waals surface area contributed by atoms with Gasteiger partial charge in [0.25, 0.3) is 0 Å². The molecule has 0 spiro atoms. The Morgan fingerprint density at radius 2 is 1.84 bits per heavy atom. The summed E-state index contributed by atoms with van der Waals surface area (Å²) in [6.45, 7) is 0. The van der Waals surface area contributed by atoms with Crippen LogP contribution in [0.15, 0.2) is 36.7 Å². The van der Waals surface area contributed by atoms with E-state index in [1.807, 2.05) is 13.1 Å². The smallest absolute Gasteiger partial charge is 0.147 e. The lowest BCUT2D eigenvalue weighted by Crippen LogP contribution is -2.02. The van der Waals surface area contributed by atoms with Crippen molar-refractivity contribution in [3.05, 3.63) is 47.8 Å². The first kappa shape index (κ1) is 12.0. The van der Waals surface area contributed by atoms with E-state index in [9.17, 15) is 0 Å². The molecule has 0 atom stereocenters. The number of rotatable bonds is 3. The summed E-state index contributed by atoms with van der Waals surface area (Å²) in [5.41, 5.74) is 3.86. The highest BCUT2D eigenvalue weighted by Crippen LogP contribution is 2.28. The number of anilines is 1. The zero-order valence-corrected chi connectivity index (χ0v) is 11.1. The van der Waals surface area contributed by atoms with E-state index in [0.29, 0.717) is 0 Å². The van der Waals surface area contributed by atoms with Crippen molar-refractivity contribution < 1.29 is 4.74 Å². The van der Waals surface area contributed by atoms with Crippen LogP contribution in [-0.2, 0) is 12.8 Å². The van der Waals surface area contributed by atoms with E-state index in [2.05, 4.69) is 28.5 Å². The fourth-order valence-electron chi connectivity index (χ4n) is 2.52. The summed E-state index contributed by atoms with van der Waals surface area (Å²) in [4.78, 5) is 4.15. The Morgan fingerprint density at radius 1 is 1.00 bits per heavy atom. The van der Waals surface area contributed by atoms with Crippen LogP contribution in [0, 0.1) is 0 Å². The van der Waals surface area contributed by atoms with Crippen LogP contribution in [0.3, 0.4) is 0 Å². The molecule has 0 saturated carbocycles. The number of pyridine rings is 1. The molecular formula is C16H18N2O. The molecule has 3 nitrogen and oxygen atoms in total. The van der Waals surface area contributed by atoms with Gasteiger partial charge in [0, 0.05) is 13.1 Å². The molecule has 2 aromatic rings. The van der Waals surface area contributed by atoms with Gasteiger partial charge in [0.05, 0.1) is 18.1 Å². The molecule has 0 radical (unpaired) electrons. The lowest BCUT2D eigenvalue weighted by atomic mass is 9.92. The number of hydrogen-bond acceptors (Lipinski definition) is 3. The molecular weight excluding hydrogens is 236 g/mol. The van der Waals surface area contributed by atoms with Crippen LogP contribution >= 0.6 is 0 Å². The van der Waals surface area contributed by atoms with Gasteiger partial charge < -0.3 is 10.1 Å². The summed E-state index contributed by atoms with van der Waals surface area (Å²) in [5.74, 6) is 1.67. The first-order valence-electron chi connectivity index (χ1n) is 6.77. The van der Waals surface area contributed by atoms with Gasteiger partial charge in [-0.25, -0.2) is 0 Å². The van der Waals surface area contributed by atoms with Crippen LogP contribution in [0.2, 0.25) is 0 Å². The summed E-state index contributed by atoms with van der Waals surface area (Å²) in [6.07, 6.45) is 8.47. The molecule has 0 fully saturated rings. The number of ether oxygens (including phenoxy) is 1. The zero-order valence-electron chi connectivity index (χ0n) is 11.1. The van der Waals surface area contributed by atoms with Crippen molar-refractivity contribution in [1.82, 2.24) is 4.98 Å². The molecule has 1 N–H and O–H groups in total. The molecule has 98 valence electrons. The molecule has 3 rings (SSSR count). The van der Waals surface area contributed by atoms with Crippen molar-refractivity contribution in [2.45, 2.75) is 25.7 Å². The number of benzene rings is 1. The molecule has 0 amide bonds. The second-order valence-electron chi connectivity index (χ2n) is 4.90. The highest BCUT2D eigenvalue weighted by atomic mass is 16.5. The third-order valence-electron chi connectivity index (χ3n) is 3.56. The highest BCUT2D eigenvalue weighted by Gasteiger charge is 2.10. The summed E-state index contributed by atoms with van der Waals surface area (Å²) < 4.78 is 5.88. The van der Waals surface area contributed by atoms with Gasteiger partial charge >= 0.3 is 0 Å². The Kier molecular flexibility index (Phi) is 3.36. The Hall–Kier alpha value is -2.03. The second-order valence-corrected chi connectivity index (χ2v) is 4.90. The summed E-state index contributed by atoms with van der Waals surface area (Å²) in [7, 11) is 1.87. The van der Waals surface area contributed by atoms with Crippen LogP contribution in [0.5, 0.6) is 11.5 Å². The molecule has 3 heteroatoms. The molecule has 0 unspecified atom stereocenters. The first-order valence-corrected chi connectivity index (χ1v) is 6.77. The Bertz CT molecular complexity index is 581. The lowest BCUT2D eigenvalue weighted by Gasteiger charge is -2.16. The summed E-state index contributed by atoms with van der Waals surface area (Å²) in [5, 5.41) is 3.06. The summed E-state index contributed by atoms with van der Waals surface area (Å²) in [6, 6.07) is 8.36. The topological polar surface area (TPSA) is 34.2 Å². The number of aromatic nitrogens is 1. The zero-order chi connectivity index (χ0) is 13.1. The van der Waals surface area contributed by atoms with Crippen LogP contribution in [-0.4, -0.2) is 12.0 Å². The SMILES string of the molecule is CNc1cncc(Oc2ccc3c(c2)CCCC3)c1. The largest absolute Gasteiger partial charge is 0.456 e. The van der Waals surface area contributed by atoms with Crippen molar-refractivity contribution >= 4 is 5.69 Å². The van der Waals surface area contributed by atoms with Gasteiger partial charge in [-0.1, -0.05) is 6.07 Å². The Labute approximate surface area is 113 Å². The average molecular weight is 254 g/mol. The van der Waals surface area contributed by atoms with Gasteiger partial charge in [0.2, 0.25) is 0 Å². The fourth-order valence-corrected chi connectivity index (χ4v) is 2.52. The highest BCUT2D eigenvalue weighted by molar-refractivity contribution is 5.46. The van der Waals surface area contributed by atoms with Gasteiger partial charge in [0.1, 0.15) is 11.5 Å². The number of nitrogens with zero attached hydrogens (tertiary/aromatic N) is 1. The van der Waals surface area contributed by atoms with Gasteiger partial charge in [-0.2, -0.15) is 0 Å². The van der Waals surface area contributed by atoms with Crippen molar-refractivity contribution in [3.8, 4) is 11.5 Å². The number of aryl methyl sites for hydroxylation is 2.